The summed E-state index contributed by atoms with van der Waals surface area (Å²) in [6.45, 7) is 1.95. The zero-order valence-electron chi connectivity index (χ0n) is 10.6. The molecule has 5 nitrogen and oxygen atoms in total. The molecule has 0 heterocycles. The molecule has 0 bridgehead atoms. The van der Waals surface area contributed by atoms with Gasteiger partial charge in [-0.2, -0.15) is 0 Å². The Morgan fingerprint density at radius 3 is 2.45 bits per heavy atom. The largest absolute Gasteiger partial charge is 0.410 e. The fraction of sp³-hybridized carbons (Fsp3) is 0.0714. The lowest BCUT2D eigenvalue weighted by atomic mass is 10.0. The van der Waals surface area contributed by atoms with Gasteiger partial charge in [-0.25, -0.2) is 0 Å². The van der Waals surface area contributed by atoms with Gasteiger partial charge in [-0.1, -0.05) is 50.9 Å². The van der Waals surface area contributed by atoms with Crippen molar-refractivity contribution < 1.29 is 10.1 Å². The molecular weight excluding hydrogens is 324 g/mol. The highest BCUT2D eigenvalue weighted by Crippen LogP contribution is 2.25. The molecule has 0 aliphatic carbocycles. The van der Waals surface area contributed by atoms with E-state index >= 15 is 0 Å². The van der Waals surface area contributed by atoms with Gasteiger partial charge in [0.2, 0.25) is 0 Å². The van der Waals surface area contributed by atoms with Crippen molar-refractivity contribution in [1.29, 1.82) is 0 Å². The number of hydrogen-bond donors (Lipinski definition) is 1. The summed E-state index contributed by atoms with van der Waals surface area (Å²) in [4.78, 5) is 10.4. The maximum Gasteiger partial charge on any atom is 0.270 e. The lowest BCUT2D eigenvalue weighted by molar-refractivity contribution is -0.384. The van der Waals surface area contributed by atoms with Gasteiger partial charge < -0.3 is 5.21 Å². The smallest absolute Gasteiger partial charge is 0.270 e. The normalized spacial score (nSPS) is 11.4. The fourth-order valence-electron chi connectivity index (χ4n) is 1.79. The van der Waals surface area contributed by atoms with E-state index in [1.807, 2.05) is 19.1 Å². The maximum atomic E-state index is 10.8. The molecule has 0 fully saturated rings. The van der Waals surface area contributed by atoms with Gasteiger partial charge in [0, 0.05) is 27.7 Å². The third-order valence-corrected chi connectivity index (χ3v) is 3.53. The average Bonchev–Trinajstić information content (AvgIpc) is 2.43. The third-order valence-electron chi connectivity index (χ3n) is 2.84. The van der Waals surface area contributed by atoms with Crippen LogP contribution in [0.2, 0.25) is 0 Å². The van der Waals surface area contributed by atoms with Gasteiger partial charge in [-0.15, -0.1) is 0 Å². The molecule has 0 saturated carbocycles. The van der Waals surface area contributed by atoms with Crippen LogP contribution < -0.4 is 0 Å². The minimum Gasteiger partial charge on any atom is -0.410 e. The predicted molar refractivity (Wildman–Crippen MR) is 79.4 cm³/mol. The first-order valence-corrected chi connectivity index (χ1v) is 6.55. The minimum absolute atomic E-state index is 0.0588. The van der Waals surface area contributed by atoms with Crippen molar-refractivity contribution >= 4 is 27.3 Å². The molecular formula is C14H11BrN2O3. The molecule has 0 atom stereocenters. The van der Waals surface area contributed by atoms with E-state index in [1.165, 1.54) is 12.1 Å². The summed E-state index contributed by atoms with van der Waals surface area (Å²) in [6, 6.07) is 11.7. The standard InChI is InChI=1S/C14H11BrN2O3/c1-9-2-4-10(5-3-9)14(16-18)12-8-11(17(19)20)6-7-13(12)15/h2-8,18H,1H3/b16-14+. The van der Waals surface area contributed by atoms with Crippen LogP contribution in [-0.2, 0) is 0 Å². The molecule has 0 amide bonds. The van der Waals surface area contributed by atoms with Gasteiger partial charge in [0.1, 0.15) is 5.71 Å². The Kier molecular flexibility index (Phi) is 4.14. The zero-order valence-corrected chi connectivity index (χ0v) is 12.2. The molecule has 0 radical (unpaired) electrons. The molecule has 2 aromatic rings. The number of oxime groups is 1. The molecule has 0 aliphatic heterocycles. The SMILES string of the molecule is Cc1ccc(/C(=N\O)c2cc([N+](=O)[O-])ccc2Br)cc1. The van der Waals surface area contributed by atoms with Crippen LogP contribution in [-0.4, -0.2) is 15.8 Å². The summed E-state index contributed by atoms with van der Waals surface area (Å²) in [5.41, 5.74) is 2.44. The van der Waals surface area contributed by atoms with E-state index in [0.717, 1.165) is 5.56 Å². The Morgan fingerprint density at radius 1 is 1.25 bits per heavy atom. The van der Waals surface area contributed by atoms with Crippen LogP contribution in [0.25, 0.3) is 0 Å². The van der Waals surface area contributed by atoms with E-state index in [4.69, 9.17) is 0 Å². The Morgan fingerprint density at radius 2 is 1.90 bits per heavy atom. The van der Waals surface area contributed by atoms with Crippen molar-refractivity contribution in [3.8, 4) is 0 Å². The van der Waals surface area contributed by atoms with Crippen molar-refractivity contribution in [2.45, 2.75) is 6.92 Å². The summed E-state index contributed by atoms with van der Waals surface area (Å²) in [5.74, 6) is 0. The molecule has 20 heavy (non-hydrogen) atoms. The van der Waals surface area contributed by atoms with Crippen LogP contribution in [0.4, 0.5) is 5.69 Å². The summed E-state index contributed by atoms with van der Waals surface area (Å²) in [5, 5.41) is 23.4. The Hall–Kier alpha value is -2.21. The van der Waals surface area contributed by atoms with Gasteiger partial charge in [-0.3, -0.25) is 10.1 Å². The van der Waals surface area contributed by atoms with E-state index in [2.05, 4.69) is 21.1 Å². The summed E-state index contributed by atoms with van der Waals surface area (Å²) in [6.07, 6.45) is 0. The third kappa shape index (κ3) is 2.85. The Bertz CT molecular complexity index is 681. The highest BCUT2D eigenvalue weighted by molar-refractivity contribution is 9.10. The second-order valence-electron chi connectivity index (χ2n) is 4.24. The highest BCUT2D eigenvalue weighted by Gasteiger charge is 2.16. The van der Waals surface area contributed by atoms with Gasteiger partial charge in [0.05, 0.1) is 4.92 Å². The molecule has 6 heteroatoms. The van der Waals surface area contributed by atoms with Gasteiger partial charge >= 0.3 is 0 Å². The van der Waals surface area contributed by atoms with E-state index in [-0.39, 0.29) is 11.4 Å². The molecule has 2 rings (SSSR count). The number of nitro groups is 1. The molecule has 102 valence electrons. The van der Waals surface area contributed by atoms with Gasteiger partial charge in [0.15, 0.2) is 0 Å². The van der Waals surface area contributed by atoms with E-state index in [0.29, 0.717) is 15.6 Å². The van der Waals surface area contributed by atoms with Crippen LogP contribution in [0.15, 0.2) is 52.1 Å². The van der Waals surface area contributed by atoms with E-state index in [9.17, 15) is 15.3 Å². The van der Waals surface area contributed by atoms with E-state index in [1.54, 1.807) is 18.2 Å². The first-order valence-electron chi connectivity index (χ1n) is 5.76. The number of halogens is 1. The van der Waals surface area contributed by atoms with Crippen LogP contribution in [0.3, 0.4) is 0 Å². The second-order valence-corrected chi connectivity index (χ2v) is 5.09. The van der Waals surface area contributed by atoms with Crippen molar-refractivity contribution in [3.05, 3.63) is 73.7 Å². The zero-order chi connectivity index (χ0) is 14.7. The topological polar surface area (TPSA) is 75.7 Å². The number of rotatable bonds is 3. The van der Waals surface area contributed by atoms with Crippen LogP contribution in [0.5, 0.6) is 0 Å². The highest BCUT2D eigenvalue weighted by atomic mass is 79.9. The van der Waals surface area contributed by atoms with Crippen molar-refractivity contribution in [2.75, 3.05) is 0 Å². The monoisotopic (exact) mass is 334 g/mol. The molecule has 0 aromatic heterocycles. The second kappa shape index (κ2) is 5.83. The van der Waals surface area contributed by atoms with Gasteiger partial charge in [-0.05, 0) is 13.0 Å². The molecule has 0 unspecified atom stereocenters. The number of nitro benzene ring substituents is 1. The molecule has 2 aromatic carbocycles. The number of non-ortho nitro benzene ring substituents is 1. The first-order chi connectivity index (χ1) is 9.52. The summed E-state index contributed by atoms with van der Waals surface area (Å²) >= 11 is 3.32. The molecule has 1 N–H and O–H groups in total. The van der Waals surface area contributed by atoms with Crippen LogP contribution in [0.1, 0.15) is 16.7 Å². The Balaban J connectivity index is 2.55. The van der Waals surface area contributed by atoms with Crippen LogP contribution in [0, 0.1) is 17.0 Å². The maximum absolute atomic E-state index is 10.8. The van der Waals surface area contributed by atoms with Gasteiger partial charge in [0.25, 0.3) is 5.69 Å². The molecule has 0 spiro atoms. The quantitative estimate of drug-likeness (QED) is 0.400. The lowest BCUT2D eigenvalue weighted by Crippen LogP contribution is -2.05. The van der Waals surface area contributed by atoms with Crippen molar-refractivity contribution in [1.82, 2.24) is 0 Å². The number of nitrogens with zero attached hydrogens (tertiary/aromatic N) is 2. The number of aryl methyl sites for hydroxylation is 1. The minimum atomic E-state index is -0.486. The molecule has 0 saturated heterocycles. The first kappa shape index (κ1) is 14.2. The number of benzene rings is 2. The van der Waals surface area contributed by atoms with Crippen molar-refractivity contribution in [3.63, 3.8) is 0 Å². The van der Waals surface area contributed by atoms with Crippen LogP contribution >= 0.6 is 15.9 Å². The molecule has 0 aliphatic rings. The fourth-order valence-corrected chi connectivity index (χ4v) is 2.22. The summed E-state index contributed by atoms with van der Waals surface area (Å²) < 4.78 is 0.622. The summed E-state index contributed by atoms with van der Waals surface area (Å²) in [7, 11) is 0. The predicted octanol–water partition coefficient (Wildman–Crippen LogP) is 3.89. The van der Waals surface area contributed by atoms with E-state index < -0.39 is 4.92 Å². The Labute approximate surface area is 123 Å². The number of hydrogen-bond acceptors (Lipinski definition) is 4. The lowest BCUT2D eigenvalue weighted by Gasteiger charge is -2.07. The van der Waals surface area contributed by atoms with Crippen molar-refractivity contribution in [2.24, 2.45) is 5.16 Å². The average molecular weight is 335 g/mol.